The second-order valence-electron chi connectivity index (χ2n) is 7.11. The van der Waals surface area contributed by atoms with Gasteiger partial charge in [0.1, 0.15) is 6.04 Å². The molecule has 0 aliphatic carbocycles. The Hall–Kier alpha value is -1.63. The molecule has 0 aromatic heterocycles. The van der Waals surface area contributed by atoms with Gasteiger partial charge in [0.25, 0.3) is 0 Å². The first-order chi connectivity index (χ1) is 11.2. The van der Waals surface area contributed by atoms with Gasteiger partial charge in [-0.05, 0) is 25.8 Å². The third kappa shape index (κ3) is 6.86. The van der Waals surface area contributed by atoms with Crippen LogP contribution in [0.2, 0.25) is 0 Å². The van der Waals surface area contributed by atoms with E-state index >= 15 is 0 Å². The van der Waals surface area contributed by atoms with E-state index in [1.165, 1.54) is 6.92 Å². The van der Waals surface area contributed by atoms with Crippen LogP contribution in [-0.4, -0.2) is 85.3 Å². The summed E-state index contributed by atoms with van der Waals surface area (Å²) in [7, 11) is 3.62. The number of hydrogen-bond acceptors (Lipinski definition) is 4. The summed E-state index contributed by atoms with van der Waals surface area (Å²) < 4.78 is 0. The van der Waals surface area contributed by atoms with Crippen molar-refractivity contribution in [3.8, 4) is 0 Å². The molecular weight excluding hydrogens is 308 g/mol. The largest absolute Gasteiger partial charge is 0.345 e. The Labute approximate surface area is 145 Å². The molecule has 0 saturated carbocycles. The van der Waals surface area contributed by atoms with Gasteiger partial charge in [0.2, 0.25) is 17.7 Å². The van der Waals surface area contributed by atoms with Crippen molar-refractivity contribution in [2.45, 2.75) is 39.7 Å². The van der Waals surface area contributed by atoms with E-state index in [0.29, 0.717) is 32.0 Å². The van der Waals surface area contributed by atoms with E-state index in [1.54, 1.807) is 11.9 Å². The zero-order valence-electron chi connectivity index (χ0n) is 15.7. The van der Waals surface area contributed by atoms with Crippen molar-refractivity contribution >= 4 is 17.7 Å². The average molecular weight is 340 g/mol. The van der Waals surface area contributed by atoms with Crippen LogP contribution in [0.5, 0.6) is 0 Å². The molecule has 1 N–H and O–H groups in total. The molecule has 1 heterocycles. The molecule has 0 bridgehead atoms. The van der Waals surface area contributed by atoms with Gasteiger partial charge in [-0.15, -0.1) is 0 Å². The number of hydrogen-bond donors (Lipinski definition) is 1. The summed E-state index contributed by atoms with van der Waals surface area (Å²) in [6, 6.07) is -0.486. The lowest BCUT2D eigenvalue weighted by Crippen LogP contribution is -2.50. The maximum absolute atomic E-state index is 12.5. The monoisotopic (exact) mass is 340 g/mol. The van der Waals surface area contributed by atoms with Gasteiger partial charge in [-0.1, -0.05) is 13.8 Å². The Morgan fingerprint density at radius 3 is 2.21 bits per heavy atom. The fraction of sp³-hybridized carbons (Fsp3) is 0.824. The highest BCUT2D eigenvalue weighted by Gasteiger charge is 2.25. The first-order valence-corrected chi connectivity index (χ1v) is 8.69. The lowest BCUT2D eigenvalue weighted by Gasteiger charge is -2.33. The summed E-state index contributed by atoms with van der Waals surface area (Å²) in [5, 5.41) is 2.74. The Morgan fingerprint density at radius 1 is 1.12 bits per heavy atom. The first kappa shape index (κ1) is 20.4. The minimum absolute atomic E-state index is 0.0821. The molecule has 0 unspecified atom stereocenters. The van der Waals surface area contributed by atoms with Gasteiger partial charge in [-0.25, -0.2) is 0 Å². The Kier molecular flexibility index (Phi) is 8.18. The SMILES string of the molecule is CC(=O)N[C@@H](CC(C)C)C(=O)N(C)CCN(C)CC(=O)N1CCC1. The van der Waals surface area contributed by atoms with Gasteiger partial charge in [-0.2, -0.15) is 0 Å². The van der Waals surface area contributed by atoms with Crippen LogP contribution in [0, 0.1) is 5.92 Å². The number of likely N-dealkylation sites (N-methyl/N-ethyl adjacent to an activating group) is 2. The van der Waals surface area contributed by atoms with Gasteiger partial charge in [-0.3, -0.25) is 19.3 Å². The summed E-state index contributed by atoms with van der Waals surface area (Å²) >= 11 is 0. The number of amides is 3. The lowest BCUT2D eigenvalue weighted by atomic mass is 10.0. The molecule has 1 aliphatic heterocycles. The Bertz CT molecular complexity index is 449. The normalized spacial score (nSPS) is 15.2. The van der Waals surface area contributed by atoms with E-state index in [-0.39, 0.29) is 17.7 Å². The molecule has 0 aromatic rings. The highest BCUT2D eigenvalue weighted by atomic mass is 16.2. The number of nitrogens with zero attached hydrogens (tertiary/aromatic N) is 3. The second-order valence-corrected chi connectivity index (χ2v) is 7.11. The van der Waals surface area contributed by atoms with Crippen LogP contribution in [0.3, 0.4) is 0 Å². The van der Waals surface area contributed by atoms with E-state index in [1.807, 2.05) is 30.7 Å². The molecule has 0 radical (unpaired) electrons. The fourth-order valence-corrected chi connectivity index (χ4v) is 2.61. The molecule has 7 heteroatoms. The number of rotatable bonds is 9. The van der Waals surface area contributed by atoms with Gasteiger partial charge in [0.15, 0.2) is 0 Å². The zero-order chi connectivity index (χ0) is 18.3. The molecule has 1 rings (SSSR count). The van der Waals surface area contributed by atoms with Crippen molar-refractivity contribution in [2.24, 2.45) is 5.92 Å². The summed E-state index contributed by atoms with van der Waals surface area (Å²) in [4.78, 5) is 41.2. The topological polar surface area (TPSA) is 73.0 Å². The predicted molar refractivity (Wildman–Crippen MR) is 93.4 cm³/mol. The summed E-state index contributed by atoms with van der Waals surface area (Å²) in [5.74, 6) is 0.186. The van der Waals surface area contributed by atoms with Gasteiger partial charge >= 0.3 is 0 Å². The minimum atomic E-state index is -0.486. The van der Waals surface area contributed by atoms with Crippen molar-refractivity contribution in [2.75, 3.05) is 46.8 Å². The number of likely N-dealkylation sites (tertiary alicyclic amines) is 1. The third-order valence-corrected chi connectivity index (χ3v) is 4.19. The van der Waals surface area contributed by atoms with Crippen molar-refractivity contribution in [1.29, 1.82) is 0 Å². The van der Waals surface area contributed by atoms with Crippen LogP contribution >= 0.6 is 0 Å². The smallest absolute Gasteiger partial charge is 0.244 e. The van der Waals surface area contributed by atoms with Gasteiger partial charge in [0, 0.05) is 40.2 Å². The minimum Gasteiger partial charge on any atom is -0.345 e. The highest BCUT2D eigenvalue weighted by Crippen LogP contribution is 2.08. The zero-order valence-corrected chi connectivity index (χ0v) is 15.7. The lowest BCUT2D eigenvalue weighted by molar-refractivity contribution is -0.136. The standard InChI is InChI=1S/C17H32N4O3/c1-13(2)11-15(18-14(3)22)17(24)20(5)10-9-19(4)12-16(23)21-7-6-8-21/h13,15H,6-12H2,1-5H3,(H,18,22)/t15-/m0/s1. The molecular formula is C17H32N4O3. The molecule has 1 fully saturated rings. The summed E-state index contributed by atoms with van der Waals surface area (Å²) in [6.07, 6.45) is 1.71. The van der Waals surface area contributed by atoms with Crippen LogP contribution in [0.15, 0.2) is 0 Å². The number of carbonyl (C=O) groups excluding carboxylic acids is 3. The van der Waals surface area contributed by atoms with Crippen LogP contribution in [0.4, 0.5) is 0 Å². The quantitative estimate of drug-likeness (QED) is 0.649. The van der Waals surface area contributed by atoms with Crippen LogP contribution in [0.25, 0.3) is 0 Å². The maximum atomic E-state index is 12.5. The molecule has 1 atom stereocenters. The number of carbonyl (C=O) groups is 3. The molecule has 0 aromatic carbocycles. The van der Waals surface area contributed by atoms with Gasteiger partial charge in [0.05, 0.1) is 6.54 Å². The van der Waals surface area contributed by atoms with Crippen LogP contribution in [0.1, 0.15) is 33.6 Å². The fourth-order valence-electron chi connectivity index (χ4n) is 2.61. The average Bonchev–Trinajstić information content (AvgIpc) is 2.40. The van der Waals surface area contributed by atoms with Crippen molar-refractivity contribution < 1.29 is 14.4 Å². The first-order valence-electron chi connectivity index (χ1n) is 8.69. The van der Waals surface area contributed by atoms with Crippen LogP contribution in [-0.2, 0) is 14.4 Å². The Morgan fingerprint density at radius 2 is 1.75 bits per heavy atom. The third-order valence-electron chi connectivity index (χ3n) is 4.19. The second kappa shape index (κ2) is 9.61. The van der Waals surface area contributed by atoms with E-state index in [4.69, 9.17) is 0 Å². The van der Waals surface area contributed by atoms with Gasteiger partial charge < -0.3 is 15.1 Å². The number of nitrogens with one attached hydrogen (secondary N) is 1. The van der Waals surface area contributed by atoms with Crippen LogP contribution < -0.4 is 5.32 Å². The maximum Gasteiger partial charge on any atom is 0.244 e. The highest BCUT2D eigenvalue weighted by molar-refractivity contribution is 5.86. The molecule has 24 heavy (non-hydrogen) atoms. The molecule has 1 aliphatic rings. The molecule has 0 spiro atoms. The Balaban J connectivity index is 2.42. The molecule has 138 valence electrons. The van der Waals surface area contributed by atoms with E-state index in [9.17, 15) is 14.4 Å². The molecule has 7 nitrogen and oxygen atoms in total. The van der Waals surface area contributed by atoms with Crippen molar-refractivity contribution in [3.05, 3.63) is 0 Å². The van der Waals surface area contributed by atoms with Crippen molar-refractivity contribution in [3.63, 3.8) is 0 Å². The molecule has 3 amide bonds. The summed E-state index contributed by atoms with van der Waals surface area (Å²) in [6.45, 7) is 8.72. The van der Waals surface area contributed by atoms with E-state index in [0.717, 1.165) is 19.5 Å². The summed E-state index contributed by atoms with van der Waals surface area (Å²) in [5.41, 5.74) is 0. The molecule has 1 saturated heterocycles. The van der Waals surface area contributed by atoms with E-state index < -0.39 is 6.04 Å². The predicted octanol–water partition coefficient (Wildman–Crippen LogP) is 0.160. The van der Waals surface area contributed by atoms with E-state index in [2.05, 4.69) is 5.32 Å². The van der Waals surface area contributed by atoms with Crippen molar-refractivity contribution in [1.82, 2.24) is 20.0 Å².